The number of fused-ring (bicyclic) bond motifs is 10. The van der Waals surface area contributed by atoms with Gasteiger partial charge in [0.2, 0.25) is 0 Å². The first-order valence-corrected chi connectivity index (χ1v) is 17.1. The van der Waals surface area contributed by atoms with Gasteiger partial charge in [-0.25, -0.2) is 9.97 Å². The second-order valence-electron chi connectivity index (χ2n) is 13.3. The number of hydrogen-bond acceptors (Lipinski definition) is 3. The minimum atomic E-state index is -0.526. The van der Waals surface area contributed by atoms with Crippen LogP contribution in [0.1, 0.15) is 41.3 Å². The number of ether oxygens (including phenoxy) is 1. The van der Waals surface area contributed by atoms with Gasteiger partial charge in [0.1, 0.15) is 11.5 Å². The van der Waals surface area contributed by atoms with Crippen LogP contribution in [-0.2, 0) is 5.41 Å². The van der Waals surface area contributed by atoms with E-state index in [2.05, 4.69) is 165 Å². The Hall–Kier alpha value is -6.06. The van der Waals surface area contributed by atoms with Crippen LogP contribution in [0.5, 0.6) is 11.5 Å². The summed E-state index contributed by atoms with van der Waals surface area (Å²) in [5.41, 5.74) is 13.4. The quantitative estimate of drug-likeness (QED) is 0.195. The van der Waals surface area contributed by atoms with E-state index < -0.39 is 5.41 Å². The lowest BCUT2D eigenvalue weighted by Gasteiger charge is -2.40. The van der Waals surface area contributed by atoms with Gasteiger partial charge in [-0.3, -0.25) is 0 Å². The average molecular weight is 629 g/mol. The number of para-hydroxylation sites is 3. The van der Waals surface area contributed by atoms with Gasteiger partial charge in [-0.15, -0.1) is 0 Å². The second kappa shape index (κ2) is 10.7. The van der Waals surface area contributed by atoms with Crippen LogP contribution < -0.4 is 4.74 Å². The third kappa shape index (κ3) is 4.09. The molecule has 0 N–H and O–H groups in total. The van der Waals surface area contributed by atoms with E-state index in [1.54, 1.807) is 0 Å². The van der Waals surface area contributed by atoms with Crippen LogP contribution in [0.15, 0.2) is 158 Å². The molecule has 1 unspecified atom stereocenters. The normalized spacial score (nSPS) is 16.3. The summed E-state index contributed by atoms with van der Waals surface area (Å²) in [4.78, 5) is 10.2. The topological polar surface area (TPSA) is 35.0 Å². The van der Waals surface area contributed by atoms with Crippen LogP contribution in [-0.4, -0.2) is 9.97 Å². The first-order chi connectivity index (χ1) is 24.2. The second-order valence-corrected chi connectivity index (χ2v) is 13.3. The van der Waals surface area contributed by atoms with Gasteiger partial charge in [-0.2, -0.15) is 0 Å². The minimum absolute atomic E-state index is 0.526. The molecule has 0 radical (unpaired) electrons. The zero-order valence-electron chi connectivity index (χ0n) is 27.1. The van der Waals surface area contributed by atoms with Crippen molar-refractivity contribution >= 4 is 16.5 Å². The molecule has 3 nitrogen and oxygen atoms in total. The highest BCUT2D eigenvalue weighted by molar-refractivity contribution is 5.95. The van der Waals surface area contributed by atoms with E-state index in [9.17, 15) is 0 Å². The van der Waals surface area contributed by atoms with E-state index in [0.717, 1.165) is 57.0 Å². The summed E-state index contributed by atoms with van der Waals surface area (Å²) in [6.45, 7) is 2.25. The summed E-state index contributed by atoms with van der Waals surface area (Å²) in [6.07, 6.45) is 7.82. The minimum Gasteiger partial charge on any atom is -0.457 e. The number of nitrogens with zero attached hydrogens (tertiary/aromatic N) is 2. The van der Waals surface area contributed by atoms with Crippen LogP contribution in [0.2, 0.25) is 0 Å². The lowest BCUT2D eigenvalue weighted by atomic mass is 9.64. The van der Waals surface area contributed by atoms with Crippen LogP contribution in [0.4, 0.5) is 0 Å². The van der Waals surface area contributed by atoms with Crippen LogP contribution in [0, 0.1) is 5.92 Å². The molecule has 1 spiro atoms. The Morgan fingerprint density at radius 3 is 1.98 bits per heavy atom. The summed E-state index contributed by atoms with van der Waals surface area (Å²) in [5, 5.41) is 1.08. The Morgan fingerprint density at radius 2 is 1.22 bits per heavy atom. The molecule has 3 heteroatoms. The van der Waals surface area contributed by atoms with Crippen molar-refractivity contribution in [3.63, 3.8) is 0 Å². The number of allylic oxidation sites excluding steroid dienone is 4. The molecule has 2 aliphatic carbocycles. The van der Waals surface area contributed by atoms with E-state index in [-0.39, 0.29) is 0 Å². The van der Waals surface area contributed by atoms with Crippen molar-refractivity contribution in [1.29, 1.82) is 0 Å². The van der Waals surface area contributed by atoms with Crippen molar-refractivity contribution in [2.75, 3.05) is 0 Å². The van der Waals surface area contributed by atoms with Gasteiger partial charge in [-0.1, -0.05) is 146 Å². The summed E-state index contributed by atoms with van der Waals surface area (Å²) >= 11 is 0. The third-order valence-electron chi connectivity index (χ3n) is 10.5. The van der Waals surface area contributed by atoms with Gasteiger partial charge >= 0.3 is 0 Å². The molecule has 7 aromatic rings. The van der Waals surface area contributed by atoms with E-state index in [0.29, 0.717) is 5.92 Å². The molecule has 2 heterocycles. The number of rotatable bonds is 3. The Morgan fingerprint density at radius 1 is 0.592 bits per heavy atom. The van der Waals surface area contributed by atoms with Crippen LogP contribution in [0.3, 0.4) is 0 Å². The fourth-order valence-corrected chi connectivity index (χ4v) is 8.28. The molecular weight excluding hydrogens is 597 g/mol. The molecule has 1 atom stereocenters. The molecule has 232 valence electrons. The summed E-state index contributed by atoms with van der Waals surface area (Å²) in [6, 6.07) is 49.9. The summed E-state index contributed by atoms with van der Waals surface area (Å²) in [7, 11) is 0. The SMILES string of the molecule is CC1C=CC(c2nc(-c3ccc(-c4cccc5c4C4(c6ccccc6Oc6ccccc64)c4ccccc4-5)cc3)nc3ccccc23)=CC1. The summed E-state index contributed by atoms with van der Waals surface area (Å²) in [5.74, 6) is 3.08. The van der Waals surface area contributed by atoms with Crippen LogP contribution in [0.25, 0.3) is 50.1 Å². The fraction of sp³-hybridized carbons (Fsp3) is 0.0870. The number of benzene rings is 6. The van der Waals surface area contributed by atoms with Crippen molar-refractivity contribution in [1.82, 2.24) is 9.97 Å². The third-order valence-corrected chi connectivity index (χ3v) is 10.5. The van der Waals surface area contributed by atoms with Crippen molar-refractivity contribution < 1.29 is 4.74 Å². The highest BCUT2D eigenvalue weighted by Gasteiger charge is 2.52. The molecule has 1 aromatic heterocycles. The first-order valence-electron chi connectivity index (χ1n) is 17.1. The van der Waals surface area contributed by atoms with E-state index in [1.165, 1.54) is 38.9 Å². The Kier molecular flexibility index (Phi) is 6.13. The molecule has 0 saturated carbocycles. The summed E-state index contributed by atoms with van der Waals surface area (Å²) < 4.78 is 6.57. The lowest BCUT2D eigenvalue weighted by molar-refractivity contribution is 0.436. The highest BCUT2D eigenvalue weighted by Crippen LogP contribution is 2.63. The zero-order chi connectivity index (χ0) is 32.5. The van der Waals surface area contributed by atoms with E-state index in [1.807, 2.05) is 0 Å². The lowest BCUT2D eigenvalue weighted by Crippen LogP contribution is -2.32. The first kappa shape index (κ1) is 28.0. The molecule has 3 aliphatic rings. The maximum Gasteiger partial charge on any atom is 0.160 e. The highest BCUT2D eigenvalue weighted by atomic mass is 16.5. The molecule has 1 aliphatic heterocycles. The van der Waals surface area contributed by atoms with Gasteiger partial charge in [-0.05, 0) is 69.5 Å². The number of aromatic nitrogens is 2. The molecule has 0 amide bonds. The zero-order valence-corrected chi connectivity index (χ0v) is 27.1. The molecule has 49 heavy (non-hydrogen) atoms. The standard InChI is InChI=1S/C46H32N2O/c1-29-21-23-31(24-22-29)44-36-12-3-7-18-40(36)47-45(48-44)32-27-25-30(26-28-32)33-13-10-14-35-34-11-2-4-15-37(34)46(43(33)35)38-16-5-8-19-41(38)49-42-20-9-6-17-39(42)46/h2-21,23-29H,22H2,1H3. The average Bonchev–Trinajstić information content (AvgIpc) is 3.46. The molecular formula is C46H32N2O. The molecule has 0 bridgehead atoms. The van der Waals surface area contributed by atoms with Gasteiger partial charge in [0.05, 0.1) is 16.6 Å². The monoisotopic (exact) mass is 628 g/mol. The van der Waals surface area contributed by atoms with Gasteiger partial charge in [0.25, 0.3) is 0 Å². The Labute approximate surface area is 285 Å². The van der Waals surface area contributed by atoms with Crippen molar-refractivity contribution in [2.24, 2.45) is 5.92 Å². The molecule has 0 saturated heterocycles. The maximum atomic E-state index is 6.57. The van der Waals surface area contributed by atoms with Crippen LogP contribution >= 0.6 is 0 Å². The predicted octanol–water partition coefficient (Wildman–Crippen LogP) is 11.4. The molecule has 6 aromatic carbocycles. The van der Waals surface area contributed by atoms with Crippen molar-refractivity contribution in [2.45, 2.75) is 18.8 Å². The van der Waals surface area contributed by atoms with Gasteiger partial charge in [0.15, 0.2) is 5.82 Å². The molecule has 10 rings (SSSR count). The Bertz CT molecular complexity index is 2480. The van der Waals surface area contributed by atoms with Crippen molar-refractivity contribution in [3.8, 4) is 45.1 Å². The van der Waals surface area contributed by atoms with E-state index in [4.69, 9.17) is 14.7 Å². The molecule has 0 fully saturated rings. The van der Waals surface area contributed by atoms with Gasteiger partial charge in [0, 0.05) is 22.1 Å². The van der Waals surface area contributed by atoms with Gasteiger partial charge < -0.3 is 4.74 Å². The number of hydrogen-bond donors (Lipinski definition) is 0. The Balaban J connectivity index is 1.16. The van der Waals surface area contributed by atoms with E-state index >= 15 is 0 Å². The largest absolute Gasteiger partial charge is 0.457 e. The maximum absolute atomic E-state index is 6.57. The predicted molar refractivity (Wildman–Crippen MR) is 199 cm³/mol. The smallest absolute Gasteiger partial charge is 0.160 e. The van der Waals surface area contributed by atoms with Crippen molar-refractivity contribution in [3.05, 3.63) is 186 Å². The fourth-order valence-electron chi connectivity index (χ4n) is 8.28.